The van der Waals surface area contributed by atoms with E-state index in [1.54, 1.807) is 0 Å². The van der Waals surface area contributed by atoms with Crippen molar-refractivity contribution in [2.24, 2.45) is 0 Å². The molecule has 4 N–H and O–H groups in total. The Labute approximate surface area is 121 Å². The fourth-order valence-electron chi connectivity index (χ4n) is 1.50. The number of nitrogens with one attached hydrogen (secondary N) is 2. The van der Waals surface area contributed by atoms with Crippen LogP contribution in [0.5, 0.6) is 0 Å². The van der Waals surface area contributed by atoms with Gasteiger partial charge >= 0.3 is 0 Å². The van der Waals surface area contributed by atoms with Crippen molar-refractivity contribution >= 4 is 21.6 Å². The first kappa shape index (κ1) is 17.3. The predicted molar refractivity (Wildman–Crippen MR) is 73.9 cm³/mol. The average Bonchev–Trinajstić information content (AvgIpc) is 2.39. The lowest BCUT2D eigenvalue weighted by atomic mass is 10.3. The summed E-state index contributed by atoms with van der Waals surface area (Å²) in [6.07, 6.45) is 0.689. The Morgan fingerprint density at radius 2 is 1.95 bits per heavy atom. The van der Waals surface area contributed by atoms with Gasteiger partial charge in [-0.1, -0.05) is 6.92 Å². The molecule has 1 atom stereocenters. The molecule has 0 spiro atoms. The number of benzene rings is 1. The molecule has 0 fully saturated rings. The molecule has 0 heterocycles. The minimum atomic E-state index is -4.33. The monoisotopic (exact) mass is 321 g/mol. The quantitative estimate of drug-likeness (QED) is 0.673. The Balaban J connectivity index is 2.97. The highest BCUT2D eigenvalue weighted by Gasteiger charge is 2.25. The van der Waals surface area contributed by atoms with Crippen molar-refractivity contribution in [2.75, 3.05) is 12.3 Å². The van der Waals surface area contributed by atoms with E-state index in [2.05, 4.69) is 5.32 Å². The molecule has 1 rings (SSSR count). The standard InChI is InChI=1S/C12H17F2N3O3S/c1-3-4-16-12(18)7(2)17-21(19,20)11-6-10(15)8(13)5-9(11)14/h5-7,17H,3-4,15H2,1-2H3,(H,16,18). The first-order valence-electron chi connectivity index (χ1n) is 6.23. The van der Waals surface area contributed by atoms with Gasteiger partial charge in [-0.2, -0.15) is 4.72 Å². The van der Waals surface area contributed by atoms with Crippen molar-refractivity contribution in [1.82, 2.24) is 10.0 Å². The van der Waals surface area contributed by atoms with Gasteiger partial charge in [0.1, 0.15) is 16.5 Å². The van der Waals surface area contributed by atoms with Gasteiger partial charge in [0.25, 0.3) is 0 Å². The summed E-state index contributed by atoms with van der Waals surface area (Å²) in [4.78, 5) is 10.8. The van der Waals surface area contributed by atoms with Crippen LogP contribution in [0.4, 0.5) is 14.5 Å². The molecular formula is C12H17F2N3O3S. The summed E-state index contributed by atoms with van der Waals surface area (Å²) in [6.45, 7) is 3.54. The molecule has 1 aromatic carbocycles. The average molecular weight is 321 g/mol. The van der Waals surface area contributed by atoms with E-state index >= 15 is 0 Å². The maximum Gasteiger partial charge on any atom is 0.244 e. The van der Waals surface area contributed by atoms with E-state index in [-0.39, 0.29) is 0 Å². The summed E-state index contributed by atoms with van der Waals surface area (Å²) < 4.78 is 52.6. The van der Waals surface area contributed by atoms with Crippen LogP contribution in [0.15, 0.2) is 17.0 Å². The molecular weight excluding hydrogens is 304 g/mol. The second-order valence-corrected chi connectivity index (χ2v) is 6.12. The van der Waals surface area contributed by atoms with Crippen LogP contribution in [-0.2, 0) is 14.8 Å². The molecule has 1 amide bonds. The Kier molecular flexibility index (Phi) is 5.62. The highest BCUT2D eigenvalue weighted by atomic mass is 32.2. The fraction of sp³-hybridized carbons (Fsp3) is 0.417. The third kappa shape index (κ3) is 4.36. The van der Waals surface area contributed by atoms with Crippen molar-refractivity contribution < 1.29 is 22.0 Å². The number of carbonyl (C=O) groups is 1. The maximum absolute atomic E-state index is 13.6. The number of carbonyl (C=O) groups excluding carboxylic acids is 1. The summed E-state index contributed by atoms with van der Waals surface area (Å²) in [7, 11) is -4.33. The van der Waals surface area contributed by atoms with Crippen molar-refractivity contribution in [3.8, 4) is 0 Å². The third-order valence-electron chi connectivity index (χ3n) is 2.62. The molecule has 0 bridgehead atoms. The second-order valence-electron chi connectivity index (χ2n) is 4.44. The van der Waals surface area contributed by atoms with Crippen LogP contribution in [0.25, 0.3) is 0 Å². The minimum absolute atomic E-state index is 0.381. The number of nitrogen functional groups attached to an aromatic ring is 1. The van der Waals surface area contributed by atoms with Crippen LogP contribution in [0, 0.1) is 11.6 Å². The molecule has 118 valence electrons. The molecule has 21 heavy (non-hydrogen) atoms. The third-order valence-corrected chi connectivity index (χ3v) is 4.17. The van der Waals surface area contributed by atoms with Gasteiger partial charge in [0.15, 0.2) is 0 Å². The molecule has 1 aromatic rings. The Bertz CT molecular complexity index is 635. The molecule has 0 saturated carbocycles. The zero-order valence-electron chi connectivity index (χ0n) is 11.6. The molecule has 0 radical (unpaired) electrons. The van der Waals surface area contributed by atoms with Gasteiger partial charge in [0.05, 0.1) is 11.7 Å². The lowest BCUT2D eigenvalue weighted by Gasteiger charge is -2.15. The van der Waals surface area contributed by atoms with E-state index in [1.165, 1.54) is 6.92 Å². The van der Waals surface area contributed by atoms with Crippen molar-refractivity contribution in [1.29, 1.82) is 0 Å². The molecule has 0 aliphatic heterocycles. The van der Waals surface area contributed by atoms with E-state index in [0.29, 0.717) is 25.1 Å². The summed E-state index contributed by atoms with van der Waals surface area (Å²) in [5, 5.41) is 2.50. The van der Waals surface area contributed by atoms with Crippen LogP contribution in [-0.4, -0.2) is 26.9 Å². The number of halogens is 2. The molecule has 0 aromatic heterocycles. The highest BCUT2D eigenvalue weighted by molar-refractivity contribution is 7.89. The fourth-order valence-corrected chi connectivity index (χ4v) is 2.80. The van der Waals surface area contributed by atoms with E-state index in [9.17, 15) is 22.0 Å². The van der Waals surface area contributed by atoms with Crippen molar-refractivity contribution in [3.05, 3.63) is 23.8 Å². The van der Waals surface area contributed by atoms with Crippen LogP contribution in [0.2, 0.25) is 0 Å². The van der Waals surface area contributed by atoms with Gasteiger partial charge in [0, 0.05) is 12.6 Å². The number of amides is 1. The van der Waals surface area contributed by atoms with Crippen LogP contribution in [0.3, 0.4) is 0 Å². The summed E-state index contributed by atoms with van der Waals surface area (Å²) in [6, 6.07) is -0.0534. The number of rotatable bonds is 6. The Hall–Kier alpha value is -1.74. The SMILES string of the molecule is CCCNC(=O)C(C)NS(=O)(=O)c1cc(N)c(F)cc1F. The Morgan fingerprint density at radius 1 is 1.33 bits per heavy atom. The smallest absolute Gasteiger partial charge is 0.244 e. The van der Waals surface area contributed by atoms with Gasteiger partial charge in [-0.3, -0.25) is 4.79 Å². The van der Waals surface area contributed by atoms with Crippen LogP contribution in [0.1, 0.15) is 20.3 Å². The zero-order chi connectivity index (χ0) is 16.2. The highest BCUT2D eigenvalue weighted by Crippen LogP contribution is 2.21. The lowest BCUT2D eigenvalue weighted by Crippen LogP contribution is -2.45. The molecule has 1 unspecified atom stereocenters. The molecule has 6 nitrogen and oxygen atoms in total. The van der Waals surface area contributed by atoms with Gasteiger partial charge < -0.3 is 11.1 Å². The molecule has 9 heteroatoms. The number of nitrogens with two attached hydrogens (primary N) is 1. The largest absolute Gasteiger partial charge is 0.396 e. The van der Waals surface area contributed by atoms with E-state index in [4.69, 9.17) is 5.73 Å². The van der Waals surface area contributed by atoms with Crippen molar-refractivity contribution in [2.45, 2.75) is 31.2 Å². The number of hydrogen-bond acceptors (Lipinski definition) is 4. The maximum atomic E-state index is 13.6. The minimum Gasteiger partial charge on any atom is -0.396 e. The molecule has 0 aliphatic rings. The van der Waals surface area contributed by atoms with Gasteiger partial charge in [-0.05, 0) is 19.4 Å². The number of hydrogen-bond donors (Lipinski definition) is 3. The van der Waals surface area contributed by atoms with Crippen molar-refractivity contribution in [3.63, 3.8) is 0 Å². The van der Waals surface area contributed by atoms with Gasteiger partial charge in [-0.25, -0.2) is 17.2 Å². The Morgan fingerprint density at radius 3 is 2.52 bits per heavy atom. The second kappa shape index (κ2) is 6.81. The first-order chi connectivity index (χ1) is 9.69. The van der Waals surface area contributed by atoms with E-state index in [0.717, 1.165) is 0 Å². The van der Waals surface area contributed by atoms with Gasteiger partial charge in [0.2, 0.25) is 15.9 Å². The normalized spacial score (nSPS) is 13.0. The summed E-state index contributed by atoms with van der Waals surface area (Å²) in [5.74, 6) is -2.88. The molecule has 0 aliphatic carbocycles. The number of anilines is 1. The summed E-state index contributed by atoms with van der Waals surface area (Å²) in [5.41, 5.74) is 4.73. The number of sulfonamides is 1. The van der Waals surface area contributed by atoms with Gasteiger partial charge in [-0.15, -0.1) is 0 Å². The van der Waals surface area contributed by atoms with Crippen LogP contribution >= 0.6 is 0 Å². The van der Waals surface area contributed by atoms with E-state index in [1.807, 2.05) is 11.6 Å². The topological polar surface area (TPSA) is 101 Å². The summed E-state index contributed by atoms with van der Waals surface area (Å²) >= 11 is 0. The lowest BCUT2D eigenvalue weighted by molar-refractivity contribution is -0.122. The van der Waals surface area contributed by atoms with Crippen LogP contribution < -0.4 is 15.8 Å². The zero-order valence-corrected chi connectivity index (χ0v) is 12.4. The van der Waals surface area contributed by atoms with E-state index < -0.39 is 44.2 Å². The molecule has 0 saturated heterocycles. The predicted octanol–water partition coefficient (Wildman–Crippen LogP) is 0.740. The first-order valence-corrected chi connectivity index (χ1v) is 7.72.